The Bertz CT molecular complexity index is 307. The molecule has 1 saturated carbocycles. The first-order valence-electron chi connectivity index (χ1n) is 5.16. The minimum atomic E-state index is -0.311. The third-order valence-corrected chi connectivity index (χ3v) is 3.18. The Labute approximate surface area is 83.6 Å². The van der Waals surface area contributed by atoms with E-state index in [1.165, 1.54) is 6.42 Å². The highest BCUT2D eigenvalue weighted by molar-refractivity contribution is 5.30. The Morgan fingerprint density at radius 1 is 1.43 bits per heavy atom. The highest BCUT2D eigenvalue weighted by Crippen LogP contribution is 2.40. The zero-order chi connectivity index (χ0) is 9.97. The lowest BCUT2D eigenvalue weighted by Gasteiger charge is -2.32. The third-order valence-electron chi connectivity index (χ3n) is 3.18. The summed E-state index contributed by atoms with van der Waals surface area (Å²) < 4.78 is 12.9. The highest BCUT2D eigenvalue weighted by Gasteiger charge is 2.28. The van der Waals surface area contributed by atoms with E-state index in [1.54, 1.807) is 18.2 Å². The smallest absolute Gasteiger partial charge is 0.115 e. The van der Waals surface area contributed by atoms with E-state index < -0.39 is 0 Å². The van der Waals surface area contributed by atoms with E-state index in [0.29, 0.717) is 5.92 Å². The molecule has 1 nitrogen and oxygen atoms in total. The van der Waals surface area contributed by atoms with Crippen LogP contribution in [0.5, 0.6) is 5.75 Å². The van der Waals surface area contributed by atoms with Gasteiger partial charge >= 0.3 is 0 Å². The number of phenolic OH excluding ortho intramolecular Hbond substituents is 1. The van der Waals surface area contributed by atoms with Crippen LogP contribution in [0.25, 0.3) is 0 Å². The van der Waals surface area contributed by atoms with Crippen molar-refractivity contribution in [1.29, 1.82) is 0 Å². The van der Waals surface area contributed by atoms with Crippen molar-refractivity contribution in [2.75, 3.05) is 6.67 Å². The van der Waals surface area contributed by atoms with Gasteiger partial charge in [0.05, 0.1) is 6.67 Å². The van der Waals surface area contributed by atoms with Crippen LogP contribution in [0.4, 0.5) is 4.39 Å². The van der Waals surface area contributed by atoms with Crippen molar-refractivity contribution in [1.82, 2.24) is 0 Å². The predicted octanol–water partition coefficient (Wildman–Crippen LogP) is 3.25. The number of phenols is 1. The molecule has 0 aromatic heterocycles. The minimum absolute atomic E-state index is 0.00384. The van der Waals surface area contributed by atoms with E-state index in [4.69, 9.17) is 0 Å². The van der Waals surface area contributed by atoms with E-state index in [1.807, 2.05) is 6.07 Å². The van der Waals surface area contributed by atoms with Gasteiger partial charge in [-0.2, -0.15) is 0 Å². The molecule has 2 rings (SSSR count). The first-order chi connectivity index (χ1) is 6.81. The SMILES string of the molecule is Oc1cccc(C(CF)C2CCC2)c1. The van der Waals surface area contributed by atoms with Crippen LogP contribution in [-0.2, 0) is 0 Å². The van der Waals surface area contributed by atoms with Crippen LogP contribution in [0.15, 0.2) is 24.3 Å². The monoisotopic (exact) mass is 194 g/mol. The van der Waals surface area contributed by atoms with Crippen molar-refractivity contribution in [2.45, 2.75) is 25.2 Å². The lowest BCUT2D eigenvalue weighted by molar-refractivity contribution is 0.226. The first-order valence-corrected chi connectivity index (χ1v) is 5.16. The summed E-state index contributed by atoms with van der Waals surface area (Å²) >= 11 is 0. The Kier molecular flexibility index (Phi) is 2.71. The minimum Gasteiger partial charge on any atom is -0.508 e. The summed E-state index contributed by atoms with van der Waals surface area (Å²) in [7, 11) is 0. The summed E-state index contributed by atoms with van der Waals surface area (Å²) in [6.07, 6.45) is 3.48. The average Bonchev–Trinajstić information content (AvgIpc) is 2.10. The second-order valence-corrected chi connectivity index (χ2v) is 4.05. The van der Waals surface area contributed by atoms with Crippen molar-refractivity contribution < 1.29 is 9.50 Å². The molecule has 1 aliphatic rings. The molecule has 1 aliphatic carbocycles. The fourth-order valence-electron chi connectivity index (χ4n) is 2.08. The fraction of sp³-hybridized carbons (Fsp3) is 0.500. The van der Waals surface area contributed by atoms with Crippen molar-refractivity contribution in [3.05, 3.63) is 29.8 Å². The van der Waals surface area contributed by atoms with Gasteiger partial charge in [-0.1, -0.05) is 18.6 Å². The van der Waals surface area contributed by atoms with Gasteiger partial charge in [0.1, 0.15) is 5.75 Å². The molecule has 2 heteroatoms. The van der Waals surface area contributed by atoms with Crippen molar-refractivity contribution in [3.63, 3.8) is 0 Å². The maximum atomic E-state index is 12.9. The molecule has 0 spiro atoms. The molecule has 0 amide bonds. The Balaban J connectivity index is 2.17. The number of rotatable bonds is 3. The van der Waals surface area contributed by atoms with Crippen LogP contribution in [0.1, 0.15) is 30.7 Å². The standard InChI is InChI=1S/C12H15FO/c13-8-12(9-3-1-4-9)10-5-2-6-11(14)7-10/h2,5-7,9,12,14H,1,3-4,8H2. The van der Waals surface area contributed by atoms with Crippen LogP contribution in [0, 0.1) is 5.92 Å². The van der Waals surface area contributed by atoms with Gasteiger partial charge in [-0.05, 0) is 36.5 Å². The molecule has 1 N–H and O–H groups in total. The summed E-state index contributed by atoms with van der Waals surface area (Å²) in [5.74, 6) is 0.720. The molecular formula is C12H15FO. The van der Waals surface area contributed by atoms with Gasteiger partial charge in [0.2, 0.25) is 0 Å². The summed E-state index contributed by atoms with van der Waals surface area (Å²) in [5, 5.41) is 9.31. The van der Waals surface area contributed by atoms with E-state index in [9.17, 15) is 9.50 Å². The number of hydrogen-bond acceptors (Lipinski definition) is 1. The summed E-state index contributed by atoms with van der Waals surface area (Å²) in [6.45, 7) is -0.311. The van der Waals surface area contributed by atoms with Gasteiger partial charge in [0.15, 0.2) is 0 Å². The molecule has 0 aliphatic heterocycles. The van der Waals surface area contributed by atoms with Crippen LogP contribution in [-0.4, -0.2) is 11.8 Å². The number of benzene rings is 1. The average molecular weight is 194 g/mol. The van der Waals surface area contributed by atoms with Crippen LogP contribution < -0.4 is 0 Å². The first kappa shape index (κ1) is 9.50. The Morgan fingerprint density at radius 3 is 2.71 bits per heavy atom. The number of hydrogen-bond donors (Lipinski definition) is 1. The topological polar surface area (TPSA) is 20.2 Å². The number of alkyl halides is 1. The van der Waals surface area contributed by atoms with E-state index >= 15 is 0 Å². The lowest BCUT2D eigenvalue weighted by atomic mass is 9.73. The number of aromatic hydroxyl groups is 1. The Morgan fingerprint density at radius 2 is 2.21 bits per heavy atom. The summed E-state index contributed by atoms with van der Waals surface area (Å²) in [4.78, 5) is 0. The molecule has 1 atom stereocenters. The van der Waals surface area contributed by atoms with Crippen molar-refractivity contribution >= 4 is 0 Å². The van der Waals surface area contributed by atoms with Crippen LogP contribution in [0.2, 0.25) is 0 Å². The van der Waals surface area contributed by atoms with Crippen molar-refractivity contribution in [3.8, 4) is 5.75 Å². The van der Waals surface area contributed by atoms with Gasteiger partial charge in [0, 0.05) is 5.92 Å². The largest absolute Gasteiger partial charge is 0.508 e. The van der Waals surface area contributed by atoms with Gasteiger partial charge < -0.3 is 5.11 Å². The molecule has 0 radical (unpaired) electrons. The van der Waals surface area contributed by atoms with Crippen LogP contribution in [0.3, 0.4) is 0 Å². The van der Waals surface area contributed by atoms with Crippen LogP contribution >= 0.6 is 0 Å². The normalized spacial score (nSPS) is 18.9. The summed E-state index contributed by atoms with van der Waals surface area (Å²) in [6, 6.07) is 7.00. The molecular weight excluding hydrogens is 179 g/mol. The van der Waals surface area contributed by atoms with Gasteiger partial charge in [-0.3, -0.25) is 4.39 Å². The molecule has 1 fully saturated rings. The molecule has 1 aromatic carbocycles. The lowest BCUT2D eigenvalue weighted by Crippen LogP contribution is -2.21. The third kappa shape index (κ3) is 1.74. The zero-order valence-corrected chi connectivity index (χ0v) is 8.12. The predicted molar refractivity (Wildman–Crippen MR) is 54.2 cm³/mol. The van der Waals surface area contributed by atoms with E-state index in [-0.39, 0.29) is 18.3 Å². The quantitative estimate of drug-likeness (QED) is 0.783. The van der Waals surface area contributed by atoms with Gasteiger partial charge in [-0.15, -0.1) is 0 Å². The molecule has 14 heavy (non-hydrogen) atoms. The maximum Gasteiger partial charge on any atom is 0.115 e. The van der Waals surface area contributed by atoms with Gasteiger partial charge in [0.25, 0.3) is 0 Å². The highest BCUT2D eigenvalue weighted by atomic mass is 19.1. The fourth-order valence-corrected chi connectivity index (χ4v) is 2.08. The molecule has 0 saturated heterocycles. The zero-order valence-electron chi connectivity index (χ0n) is 8.12. The van der Waals surface area contributed by atoms with Gasteiger partial charge in [-0.25, -0.2) is 0 Å². The molecule has 76 valence electrons. The molecule has 1 unspecified atom stereocenters. The van der Waals surface area contributed by atoms with E-state index in [0.717, 1.165) is 18.4 Å². The van der Waals surface area contributed by atoms with E-state index in [2.05, 4.69) is 0 Å². The second-order valence-electron chi connectivity index (χ2n) is 4.05. The summed E-state index contributed by atoms with van der Waals surface area (Å²) in [5.41, 5.74) is 0.942. The molecule has 1 aromatic rings. The maximum absolute atomic E-state index is 12.9. The Hall–Kier alpha value is -1.05. The van der Waals surface area contributed by atoms with Crippen molar-refractivity contribution in [2.24, 2.45) is 5.92 Å². The molecule has 0 bridgehead atoms. The second kappa shape index (κ2) is 3.99. The molecule has 0 heterocycles. The number of halogens is 1.